The van der Waals surface area contributed by atoms with E-state index in [2.05, 4.69) is 12.2 Å². The number of halogens is 2. The maximum absolute atomic E-state index is 5.92. The van der Waals surface area contributed by atoms with E-state index in [4.69, 9.17) is 23.2 Å². The third-order valence-electron chi connectivity index (χ3n) is 2.39. The molecule has 0 spiro atoms. The van der Waals surface area contributed by atoms with Gasteiger partial charge in [-0.25, -0.2) is 0 Å². The number of hydrogen-bond donors (Lipinski definition) is 1. The minimum absolute atomic E-state index is 0.532. The van der Waals surface area contributed by atoms with Crippen molar-refractivity contribution in [2.45, 2.75) is 25.8 Å². The molecule has 1 aliphatic rings. The molecule has 0 aliphatic carbocycles. The maximum atomic E-state index is 5.92. The second-order valence-electron chi connectivity index (χ2n) is 3.51. The number of aryl methyl sites for hydroxylation is 1. The van der Waals surface area contributed by atoms with E-state index in [1.807, 2.05) is 12.1 Å². The Labute approximate surface area is 88.0 Å². The van der Waals surface area contributed by atoms with Gasteiger partial charge in [0.05, 0.1) is 10.0 Å². The molecule has 0 unspecified atom stereocenters. The highest BCUT2D eigenvalue weighted by Gasteiger charge is 2.15. The first-order valence-corrected chi connectivity index (χ1v) is 5.17. The monoisotopic (exact) mass is 215 g/mol. The Morgan fingerprint density at radius 2 is 2.00 bits per heavy atom. The minimum Gasteiger partial charge on any atom is -0.382 e. The normalized spacial score (nSPS) is 20.7. The fourth-order valence-corrected chi connectivity index (χ4v) is 1.99. The van der Waals surface area contributed by atoms with Crippen LogP contribution >= 0.6 is 23.2 Å². The lowest BCUT2D eigenvalue weighted by molar-refractivity contribution is 0.681. The zero-order chi connectivity index (χ0) is 9.42. The van der Waals surface area contributed by atoms with Gasteiger partial charge in [-0.15, -0.1) is 0 Å². The van der Waals surface area contributed by atoms with Crippen molar-refractivity contribution in [1.29, 1.82) is 0 Å². The summed E-state index contributed by atoms with van der Waals surface area (Å²) in [5.41, 5.74) is 2.40. The van der Waals surface area contributed by atoms with Crippen molar-refractivity contribution in [3.8, 4) is 0 Å². The van der Waals surface area contributed by atoms with Crippen LogP contribution < -0.4 is 5.32 Å². The van der Waals surface area contributed by atoms with Gasteiger partial charge in [0.1, 0.15) is 0 Å². The summed E-state index contributed by atoms with van der Waals surface area (Å²) in [4.78, 5) is 0. The summed E-state index contributed by atoms with van der Waals surface area (Å²) in [6.07, 6.45) is 2.24. The molecule has 3 heteroatoms. The number of benzene rings is 1. The largest absolute Gasteiger partial charge is 0.382 e. The van der Waals surface area contributed by atoms with Gasteiger partial charge in [-0.05, 0) is 37.5 Å². The fourth-order valence-electron chi connectivity index (χ4n) is 1.64. The molecule has 1 N–H and O–H groups in total. The van der Waals surface area contributed by atoms with Crippen LogP contribution in [0.5, 0.6) is 0 Å². The maximum Gasteiger partial charge on any atom is 0.0613 e. The molecule has 1 nitrogen and oxygen atoms in total. The SMILES string of the molecule is C[C@@H]1CCc2cc(Cl)c(Cl)cc2N1. The zero-order valence-electron chi connectivity index (χ0n) is 7.40. The van der Waals surface area contributed by atoms with Gasteiger partial charge in [-0.3, -0.25) is 0 Å². The average Bonchev–Trinajstić information content (AvgIpc) is 2.08. The molecule has 2 rings (SSSR count). The van der Waals surface area contributed by atoms with E-state index in [1.54, 1.807) is 0 Å². The van der Waals surface area contributed by atoms with Crippen molar-refractivity contribution >= 4 is 28.9 Å². The van der Waals surface area contributed by atoms with Crippen LogP contribution in [0.2, 0.25) is 10.0 Å². The Hall–Kier alpha value is -0.400. The van der Waals surface area contributed by atoms with Crippen LogP contribution in [0.1, 0.15) is 18.9 Å². The van der Waals surface area contributed by atoms with Gasteiger partial charge < -0.3 is 5.32 Å². The first-order valence-electron chi connectivity index (χ1n) is 4.41. The van der Waals surface area contributed by atoms with Crippen LogP contribution in [-0.2, 0) is 6.42 Å². The van der Waals surface area contributed by atoms with Gasteiger partial charge in [0.15, 0.2) is 0 Å². The van der Waals surface area contributed by atoms with Gasteiger partial charge in [-0.2, -0.15) is 0 Å². The van der Waals surface area contributed by atoms with Crippen LogP contribution in [0.15, 0.2) is 12.1 Å². The molecule has 0 bridgehead atoms. The van der Waals surface area contributed by atoms with Crippen molar-refractivity contribution in [2.75, 3.05) is 5.32 Å². The number of hydrogen-bond acceptors (Lipinski definition) is 1. The number of anilines is 1. The van der Waals surface area contributed by atoms with E-state index >= 15 is 0 Å². The number of nitrogens with one attached hydrogen (secondary N) is 1. The first-order chi connectivity index (χ1) is 6.16. The highest BCUT2D eigenvalue weighted by Crippen LogP contribution is 2.32. The summed E-state index contributed by atoms with van der Waals surface area (Å²) in [6, 6.07) is 4.40. The molecule has 1 heterocycles. The predicted octanol–water partition coefficient (Wildman–Crippen LogP) is 3.74. The molecule has 0 saturated heterocycles. The van der Waals surface area contributed by atoms with E-state index in [9.17, 15) is 0 Å². The van der Waals surface area contributed by atoms with Gasteiger partial charge in [-0.1, -0.05) is 23.2 Å². The van der Waals surface area contributed by atoms with Gasteiger partial charge >= 0.3 is 0 Å². The molecule has 0 fully saturated rings. The van der Waals surface area contributed by atoms with Crippen LogP contribution in [0.4, 0.5) is 5.69 Å². The minimum atomic E-state index is 0.532. The van der Waals surface area contributed by atoms with Crippen molar-refractivity contribution in [3.05, 3.63) is 27.7 Å². The molecule has 0 aromatic heterocycles. The third-order valence-corrected chi connectivity index (χ3v) is 3.12. The van der Waals surface area contributed by atoms with Crippen molar-refractivity contribution < 1.29 is 0 Å². The molecule has 1 aliphatic heterocycles. The number of rotatable bonds is 0. The quantitative estimate of drug-likeness (QED) is 0.696. The molecule has 1 aromatic carbocycles. The van der Waals surface area contributed by atoms with Gasteiger partial charge in [0, 0.05) is 11.7 Å². The Balaban J connectivity index is 2.43. The number of fused-ring (bicyclic) bond motifs is 1. The lowest BCUT2D eigenvalue weighted by Gasteiger charge is -2.24. The van der Waals surface area contributed by atoms with Gasteiger partial charge in [0.25, 0.3) is 0 Å². The molecular formula is C10H11Cl2N. The Kier molecular flexibility index (Phi) is 2.39. The zero-order valence-corrected chi connectivity index (χ0v) is 8.91. The summed E-state index contributed by atoms with van der Waals surface area (Å²) in [7, 11) is 0. The van der Waals surface area contributed by atoms with E-state index in [0.717, 1.165) is 18.5 Å². The molecule has 70 valence electrons. The van der Waals surface area contributed by atoms with Crippen molar-refractivity contribution in [1.82, 2.24) is 0 Å². The lowest BCUT2D eigenvalue weighted by Crippen LogP contribution is -2.21. The Morgan fingerprint density at radius 3 is 2.77 bits per heavy atom. The van der Waals surface area contributed by atoms with Crippen LogP contribution in [0.3, 0.4) is 0 Å². The first kappa shape index (κ1) is 9.17. The van der Waals surface area contributed by atoms with Crippen LogP contribution in [0.25, 0.3) is 0 Å². The van der Waals surface area contributed by atoms with E-state index in [-0.39, 0.29) is 0 Å². The molecule has 13 heavy (non-hydrogen) atoms. The summed E-state index contributed by atoms with van der Waals surface area (Å²) in [5.74, 6) is 0. The van der Waals surface area contributed by atoms with E-state index in [0.29, 0.717) is 16.1 Å². The molecule has 0 amide bonds. The summed E-state index contributed by atoms with van der Waals surface area (Å²) < 4.78 is 0. The molecule has 1 atom stereocenters. The summed E-state index contributed by atoms with van der Waals surface area (Å²) in [6.45, 7) is 2.17. The molecule has 1 aromatic rings. The topological polar surface area (TPSA) is 12.0 Å². The molecular weight excluding hydrogens is 205 g/mol. The third kappa shape index (κ3) is 1.77. The molecule has 0 radical (unpaired) electrons. The Morgan fingerprint density at radius 1 is 1.31 bits per heavy atom. The smallest absolute Gasteiger partial charge is 0.0613 e. The average molecular weight is 216 g/mol. The second-order valence-corrected chi connectivity index (χ2v) is 4.32. The van der Waals surface area contributed by atoms with Crippen LogP contribution in [0, 0.1) is 0 Å². The van der Waals surface area contributed by atoms with Crippen molar-refractivity contribution in [3.63, 3.8) is 0 Å². The van der Waals surface area contributed by atoms with Gasteiger partial charge in [0.2, 0.25) is 0 Å². The standard InChI is InChI=1S/C10H11Cl2N/c1-6-2-3-7-4-8(11)9(12)5-10(7)13-6/h4-6,13H,2-3H2,1H3/t6-/m1/s1. The van der Waals surface area contributed by atoms with Crippen LogP contribution in [-0.4, -0.2) is 6.04 Å². The van der Waals surface area contributed by atoms with Crippen molar-refractivity contribution in [2.24, 2.45) is 0 Å². The lowest BCUT2D eigenvalue weighted by atomic mass is 9.99. The predicted molar refractivity (Wildman–Crippen MR) is 57.9 cm³/mol. The fraction of sp³-hybridized carbons (Fsp3) is 0.400. The molecule has 0 saturated carbocycles. The summed E-state index contributed by atoms with van der Waals surface area (Å²) >= 11 is 11.8. The highest BCUT2D eigenvalue weighted by molar-refractivity contribution is 6.42. The summed E-state index contributed by atoms with van der Waals surface area (Å²) in [5, 5.41) is 4.66. The van der Waals surface area contributed by atoms with E-state index in [1.165, 1.54) is 5.56 Å². The van der Waals surface area contributed by atoms with E-state index < -0.39 is 0 Å². The highest BCUT2D eigenvalue weighted by atomic mass is 35.5. The second kappa shape index (κ2) is 3.39. The Bertz CT molecular complexity index is 336.